The molecule has 8 heteroatoms. The normalized spacial score (nSPS) is 15.5. The SMILES string of the molecule is Cc1nc(-c2ccc(N3CCN(C(=O)c4ccc5c(c4)OCO5)CC3)nc2)sc1C. The third kappa shape index (κ3) is 3.47. The minimum Gasteiger partial charge on any atom is -0.454 e. The van der Waals surface area contributed by atoms with Gasteiger partial charge in [0.1, 0.15) is 10.8 Å². The van der Waals surface area contributed by atoms with E-state index in [-0.39, 0.29) is 12.7 Å². The number of nitrogens with zero attached hydrogens (tertiary/aromatic N) is 4. The van der Waals surface area contributed by atoms with Crippen LogP contribution in [0, 0.1) is 13.8 Å². The van der Waals surface area contributed by atoms with Crippen molar-refractivity contribution in [3.8, 4) is 22.1 Å². The molecule has 4 heterocycles. The maximum Gasteiger partial charge on any atom is 0.254 e. The maximum absolute atomic E-state index is 12.9. The second kappa shape index (κ2) is 7.60. The Balaban J connectivity index is 1.23. The number of aromatic nitrogens is 2. The van der Waals surface area contributed by atoms with Crippen molar-refractivity contribution in [2.75, 3.05) is 37.9 Å². The van der Waals surface area contributed by atoms with Crippen molar-refractivity contribution in [1.29, 1.82) is 0 Å². The summed E-state index contributed by atoms with van der Waals surface area (Å²) in [7, 11) is 0. The van der Waals surface area contributed by atoms with E-state index >= 15 is 0 Å². The van der Waals surface area contributed by atoms with E-state index in [1.165, 1.54) is 4.88 Å². The first-order valence-corrected chi connectivity index (χ1v) is 10.7. The minimum atomic E-state index is 0.0192. The largest absolute Gasteiger partial charge is 0.454 e. The van der Waals surface area contributed by atoms with Crippen molar-refractivity contribution >= 4 is 23.1 Å². The Kier molecular flexibility index (Phi) is 4.78. The van der Waals surface area contributed by atoms with Crippen LogP contribution in [-0.2, 0) is 0 Å². The number of aryl methyl sites for hydroxylation is 2. The molecule has 30 heavy (non-hydrogen) atoms. The summed E-state index contributed by atoms with van der Waals surface area (Å²) in [6.07, 6.45) is 1.89. The van der Waals surface area contributed by atoms with Gasteiger partial charge in [-0.05, 0) is 44.2 Å². The van der Waals surface area contributed by atoms with E-state index in [2.05, 4.69) is 27.9 Å². The lowest BCUT2D eigenvalue weighted by Gasteiger charge is -2.35. The third-order valence-electron chi connectivity index (χ3n) is 5.53. The summed E-state index contributed by atoms with van der Waals surface area (Å²) >= 11 is 1.69. The Morgan fingerprint density at radius 3 is 2.53 bits per heavy atom. The molecule has 0 spiro atoms. The second-order valence-corrected chi connectivity index (χ2v) is 8.62. The molecular weight excluding hydrogens is 400 g/mol. The maximum atomic E-state index is 12.9. The van der Waals surface area contributed by atoms with Gasteiger partial charge in [0.15, 0.2) is 11.5 Å². The van der Waals surface area contributed by atoms with E-state index in [9.17, 15) is 4.79 Å². The molecule has 0 bridgehead atoms. The van der Waals surface area contributed by atoms with Crippen molar-refractivity contribution in [3.05, 3.63) is 52.7 Å². The van der Waals surface area contributed by atoms with Gasteiger partial charge < -0.3 is 19.3 Å². The van der Waals surface area contributed by atoms with Crippen LogP contribution in [0.25, 0.3) is 10.6 Å². The third-order valence-corrected chi connectivity index (χ3v) is 6.66. The Morgan fingerprint density at radius 2 is 1.83 bits per heavy atom. The Labute approximate surface area is 178 Å². The fourth-order valence-electron chi connectivity index (χ4n) is 3.65. The lowest BCUT2D eigenvalue weighted by molar-refractivity contribution is 0.0746. The number of carbonyl (C=O) groups excluding carboxylic acids is 1. The van der Waals surface area contributed by atoms with E-state index in [0.29, 0.717) is 30.2 Å². The molecule has 2 aliphatic heterocycles. The number of ether oxygens (including phenoxy) is 2. The Bertz CT molecular complexity index is 1070. The van der Waals surface area contributed by atoms with Gasteiger partial charge in [0.25, 0.3) is 5.91 Å². The molecule has 1 fully saturated rings. The molecule has 1 amide bonds. The molecule has 2 aromatic heterocycles. The van der Waals surface area contributed by atoms with Gasteiger partial charge in [0.05, 0.1) is 5.69 Å². The van der Waals surface area contributed by atoms with E-state index in [4.69, 9.17) is 9.47 Å². The summed E-state index contributed by atoms with van der Waals surface area (Å²) in [6.45, 7) is 7.13. The summed E-state index contributed by atoms with van der Waals surface area (Å²) in [5.74, 6) is 2.27. The molecule has 0 aliphatic carbocycles. The fraction of sp³-hybridized carbons (Fsp3) is 0.318. The number of amides is 1. The number of hydrogen-bond donors (Lipinski definition) is 0. The summed E-state index contributed by atoms with van der Waals surface area (Å²) in [4.78, 5) is 27.4. The van der Waals surface area contributed by atoms with Crippen molar-refractivity contribution in [1.82, 2.24) is 14.9 Å². The zero-order valence-corrected chi connectivity index (χ0v) is 17.7. The van der Waals surface area contributed by atoms with Gasteiger partial charge in [0.2, 0.25) is 6.79 Å². The molecule has 7 nitrogen and oxygen atoms in total. The first-order valence-electron chi connectivity index (χ1n) is 9.93. The van der Waals surface area contributed by atoms with Crippen LogP contribution in [-0.4, -0.2) is 53.7 Å². The fourth-order valence-corrected chi connectivity index (χ4v) is 4.55. The standard InChI is InChI=1S/C22H22N4O3S/c1-14-15(2)30-21(24-14)17-4-6-20(23-12-17)25-7-9-26(10-8-25)22(27)16-3-5-18-19(11-16)29-13-28-18/h3-6,11-12H,7-10,13H2,1-2H3. The topological polar surface area (TPSA) is 67.8 Å². The summed E-state index contributed by atoms with van der Waals surface area (Å²) in [5.41, 5.74) is 2.74. The zero-order chi connectivity index (χ0) is 20.7. The molecule has 1 aromatic carbocycles. The quantitative estimate of drug-likeness (QED) is 0.644. The van der Waals surface area contributed by atoms with Gasteiger partial charge in [-0.25, -0.2) is 9.97 Å². The second-order valence-electron chi connectivity index (χ2n) is 7.41. The van der Waals surface area contributed by atoms with E-state index in [0.717, 1.165) is 35.2 Å². The summed E-state index contributed by atoms with van der Waals surface area (Å²) < 4.78 is 10.7. The highest BCUT2D eigenvalue weighted by Gasteiger charge is 2.24. The molecule has 0 unspecified atom stereocenters. The van der Waals surface area contributed by atoms with Crippen LogP contribution in [0.2, 0.25) is 0 Å². The van der Waals surface area contributed by atoms with Crippen molar-refractivity contribution in [2.45, 2.75) is 13.8 Å². The van der Waals surface area contributed by atoms with Crippen molar-refractivity contribution in [3.63, 3.8) is 0 Å². The highest BCUT2D eigenvalue weighted by Crippen LogP contribution is 2.33. The molecular formula is C22H22N4O3S. The average molecular weight is 423 g/mol. The molecule has 2 aliphatic rings. The van der Waals surface area contributed by atoms with E-state index in [1.807, 2.05) is 24.1 Å². The van der Waals surface area contributed by atoms with Gasteiger partial charge in [0, 0.05) is 48.4 Å². The molecule has 0 saturated carbocycles. The molecule has 3 aromatic rings. The van der Waals surface area contributed by atoms with Crippen molar-refractivity contribution < 1.29 is 14.3 Å². The van der Waals surface area contributed by atoms with Crippen LogP contribution >= 0.6 is 11.3 Å². The molecule has 5 rings (SSSR count). The van der Waals surface area contributed by atoms with E-state index < -0.39 is 0 Å². The average Bonchev–Trinajstić information content (AvgIpc) is 3.39. The van der Waals surface area contributed by atoms with Crippen LogP contribution < -0.4 is 14.4 Å². The Hall–Kier alpha value is -3.13. The van der Waals surface area contributed by atoms with Gasteiger partial charge in [-0.3, -0.25) is 4.79 Å². The first-order chi connectivity index (χ1) is 14.6. The lowest BCUT2D eigenvalue weighted by atomic mass is 10.1. The molecule has 1 saturated heterocycles. The molecule has 0 N–H and O–H groups in total. The molecule has 154 valence electrons. The number of carbonyl (C=O) groups is 1. The smallest absolute Gasteiger partial charge is 0.254 e. The van der Waals surface area contributed by atoms with Gasteiger partial charge >= 0.3 is 0 Å². The van der Waals surface area contributed by atoms with Crippen LogP contribution in [0.3, 0.4) is 0 Å². The monoisotopic (exact) mass is 422 g/mol. The van der Waals surface area contributed by atoms with Crippen LogP contribution in [0.5, 0.6) is 11.5 Å². The van der Waals surface area contributed by atoms with Crippen LogP contribution in [0.1, 0.15) is 20.9 Å². The van der Waals surface area contributed by atoms with Crippen LogP contribution in [0.15, 0.2) is 36.5 Å². The number of hydrogen-bond acceptors (Lipinski definition) is 7. The van der Waals surface area contributed by atoms with Gasteiger partial charge in [-0.1, -0.05) is 0 Å². The van der Waals surface area contributed by atoms with Crippen LogP contribution in [0.4, 0.5) is 5.82 Å². The number of fused-ring (bicyclic) bond motifs is 1. The highest BCUT2D eigenvalue weighted by molar-refractivity contribution is 7.15. The Morgan fingerprint density at radius 1 is 1.03 bits per heavy atom. The number of thiazole rings is 1. The highest BCUT2D eigenvalue weighted by atomic mass is 32.1. The zero-order valence-electron chi connectivity index (χ0n) is 16.9. The number of rotatable bonds is 3. The van der Waals surface area contributed by atoms with E-state index in [1.54, 1.807) is 29.5 Å². The minimum absolute atomic E-state index is 0.0192. The summed E-state index contributed by atoms with van der Waals surface area (Å²) in [6, 6.07) is 9.47. The predicted molar refractivity (Wildman–Crippen MR) is 116 cm³/mol. The molecule has 0 radical (unpaired) electrons. The van der Waals surface area contributed by atoms with Gasteiger partial charge in [-0.15, -0.1) is 11.3 Å². The number of pyridine rings is 1. The number of benzene rings is 1. The number of anilines is 1. The van der Waals surface area contributed by atoms with Gasteiger partial charge in [-0.2, -0.15) is 0 Å². The number of piperazine rings is 1. The predicted octanol–water partition coefficient (Wildman–Crippen LogP) is 3.51. The van der Waals surface area contributed by atoms with Crippen molar-refractivity contribution in [2.24, 2.45) is 0 Å². The lowest BCUT2D eigenvalue weighted by Crippen LogP contribution is -2.49. The first kappa shape index (κ1) is 18.9. The summed E-state index contributed by atoms with van der Waals surface area (Å²) in [5, 5.41) is 1.00. The molecule has 0 atom stereocenters.